The SMILES string of the molecule is COCCNCC(C)Oc1ccc(Br)cc1F. The Hall–Kier alpha value is -0.650. The van der Waals surface area contributed by atoms with Crippen molar-refractivity contribution >= 4 is 15.9 Å². The van der Waals surface area contributed by atoms with Gasteiger partial charge in [-0.15, -0.1) is 0 Å². The fourth-order valence-corrected chi connectivity index (χ4v) is 1.64. The predicted octanol–water partition coefficient (Wildman–Crippen LogP) is 2.59. The number of ether oxygens (including phenoxy) is 2. The summed E-state index contributed by atoms with van der Waals surface area (Å²) in [5, 5.41) is 3.16. The molecule has 1 atom stereocenters. The Morgan fingerprint density at radius 3 is 2.88 bits per heavy atom. The van der Waals surface area contributed by atoms with Crippen molar-refractivity contribution in [3.8, 4) is 5.75 Å². The van der Waals surface area contributed by atoms with Gasteiger partial charge in [0.25, 0.3) is 0 Å². The first-order valence-electron chi connectivity index (χ1n) is 5.45. The lowest BCUT2D eigenvalue weighted by Gasteiger charge is -2.15. The van der Waals surface area contributed by atoms with Gasteiger partial charge in [-0.25, -0.2) is 4.39 Å². The topological polar surface area (TPSA) is 30.5 Å². The molecule has 0 bridgehead atoms. The van der Waals surface area contributed by atoms with Crippen LogP contribution in [0.15, 0.2) is 22.7 Å². The van der Waals surface area contributed by atoms with Crippen LogP contribution < -0.4 is 10.1 Å². The number of rotatable bonds is 7. The van der Waals surface area contributed by atoms with Crippen LogP contribution in [0.5, 0.6) is 5.75 Å². The Morgan fingerprint density at radius 1 is 1.47 bits per heavy atom. The van der Waals surface area contributed by atoms with Crippen molar-refractivity contribution in [2.75, 3.05) is 26.8 Å². The van der Waals surface area contributed by atoms with Crippen LogP contribution in [0, 0.1) is 5.82 Å². The molecule has 0 aromatic heterocycles. The maximum absolute atomic E-state index is 13.5. The largest absolute Gasteiger partial charge is 0.486 e. The van der Waals surface area contributed by atoms with Crippen LogP contribution in [0.4, 0.5) is 4.39 Å². The van der Waals surface area contributed by atoms with E-state index in [1.54, 1.807) is 19.2 Å². The normalized spacial score (nSPS) is 12.5. The van der Waals surface area contributed by atoms with Crippen LogP contribution >= 0.6 is 15.9 Å². The Balaban J connectivity index is 2.37. The zero-order valence-corrected chi connectivity index (χ0v) is 11.6. The van der Waals surface area contributed by atoms with E-state index >= 15 is 0 Å². The van der Waals surface area contributed by atoms with Crippen molar-refractivity contribution in [2.24, 2.45) is 0 Å². The van der Waals surface area contributed by atoms with Crippen molar-refractivity contribution in [3.63, 3.8) is 0 Å². The molecule has 5 heteroatoms. The fraction of sp³-hybridized carbons (Fsp3) is 0.500. The minimum Gasteiger partial charge on any atom is -0.486 e. The Labute approximate surface area is 109 Å². The molecule has 3 nitrogen and oxygen atoms in total. The van der Waals surface area contributed by atoms with E-state index < -0.39 is 0 Å². The number of methoxy groups -OCH3 is 1. The summed E-state index contributed by atoms with van der Waals surface area (Å²) in [6.45, 7) is 3.95. The second-order valence-corrected chi connectivity index (χ2v) is 4.62. The van der Waals surface area contributed by atoms with Crippen molar-refractivity contribution < 1.29 is 13.9 Å². The molecule has 0 radical (unpaired) electrons. The first kappa shape index (κ1) is 14.4. The van der Waals surface area contributed by atoms with Crippen LogP contribution in [-0.2, 0) is 4.74 Å². The van der Waals surface area contributed by atoms with Crippen molar-refractivity contribution in [1.29, 1.82) is 0 Å². The third-order valence-corrected chi connectivity index (χ3v) is 2.63. The monoisotopic (exact) mass is 305 g/mol. The molecule has 1 aromatic carbocycles. The van der Waals surface area contributed by atoms with Gasteiger partial charge in [-0.3, -0.25) is 0 Å². The van der Waals surface area contributed by atoms with Crippen LogP contribution in [0.25, 0.3) is 0 Å². The second kappa shape index (κ2) is 7.63. The van der Waals surface area contributed by atoms with Crippen LogP contribution in [0.1, 0.15) is 6.92 Å². The van der Waals surface area contributed by atoms with Crippen molar-refractivity contribution in [1.82, 2.24) is 5.32 Å². The Bertz CT molecular complexity index is 349. The zero-order chi connectivity index (χ0) is 12.7. The van der Waals surface area contributed by atoms with Crippen molar-refractivity contribution in [2.45, 2.75) is 13.0 Å². The van der Waals surface area contributed by atoms with Gasteiger partial charge >= 0.3 is 0 Å². The van der Waals surface area contributed by atoms with E-state index in [0.29, 0.717) is 17.6 Å². The van der Waals surface area contributed by atoms with Gasteiger partial charge in [-0.2, -0.15) is 0 Å². The molecule has 0 saturated heterocycles. The molecule has 0 aliphatic carbocycles. The third-order valence-electron chi connectivity index (χ3n) is 2.14. The quantitative estimate of drug-likeness (QED) is 0.786. The summed E-state index contributed by atoms with van der Waals surface area (Å²) in [5.41, 5.74) is 0. The minimum atomic E-state index is -0.358. The highest BCUT2D eigenvalue weighted by molar-refractivity contribution is 9.10. The molecule has 96 valence electrons. The molecule has 1 rings (SSSR count). The second-order valence-electron chi connectivity index (χ2n) is 3.70. The summed E-state index contributed by atoms with van der Waals surface area (Å²) in [5.74, 6) is -0.0858. The van der Waals surface area contributed by atoms with Gasteiger partial charge in [-0.05, 0) is 25.1 Å². The van der Waals surface area contributed by atoms with Crippen LogP contribution in [0.2, 0.25) is 0 Å². The summed E-state index contributed by atoms with van der Waals surface area (Å²) in [6.07, 6.45) is -0.0949. The van der Waals surface area contributed by atoms with Gasteiger partial charge in [0.05, 0.1) is 6.61 Å². The lowest BCUT2D eigenvalue weighted by molar-refractivity contribution is 0.181. The standard InChI is InChI=1S/C12H17BrFNO2/c1-9(8-15-5-6-16-2)17-12-4-3-10(13)7-11(12)14/h3-4,7,9,15H,5-6,8H2,1-2H3. The van der Waals surface area contributed by atoms with E-state index in [-0.39, 0.29) is 17.7 Å². The molecule has 0 saturated carbocycles. The van der Waals surface area contributed by atoms with Gasteiger partial charge in [-0.1, -0.05) is 15.9 Å². The van der Waals surface area contributed by atoms with E-state index in [1.165, 1.54) is 6.07 Å². The summed E-state index contributed by atoms with van der Waals surface area (Å²) in [7, 11) is 1.65. The minimum absolute atomic E-state index is 0.0949. The first-order valence-corrected chi connectivity index (χ1v) is 6.24. The molecule has 0 amide bonds. The molecule has 0 aliphatic heterocycles. The summed E-state index contributed by atoms with van der Waals surface area (Å²) in [6, 6.07) is 4.76. The van der Waals surface area contributed by atoms with E-state index in [4.69, 9.17) is 9.47 Å². The number of benzene rings is 1. The van der Waals surface area contributed by atoms with Gasteiger partial charge in [0, 0.05) is 24.7 Å². The lowest BCUT2D eigenvalue weighted by Crippen LogP contribution is -2.31. The molecule has 1 aromatic rings. The Kier molecular flexibility index (Phi) is 6.47. The molecule has 1 unspecified atom stereocenters. The molecule has 0 heterocycles. The van der Waals surface area contributed by atoms with Gasteiger partial charge in [0.15, 0.2) is 11.6 Å². The van der Waals surface area contributed by atoms with E-state index in [2.05, 4.69) is 21.2 Å². The van der Waals surface area contributed by atoms with Crippen LogP contribution in [0.3, 0.4) is 0 Å². The molecule has 1 N–H and O–H groups in total. The maximum Gasteiger partial charge on any atom is 0.166 e. The number of hydrogen-bond acceptors (Lipinski definition) is 3. The van der Waals surface area contributed by atoms with Gasteiger partial charge in [0.1, 0.15) is 6.10 Å². The number of hydrogen-bond donors (Lipinski definition) is 1. The maximum atomic E-state index is 13.5. The zero-order valence-electron chi connectivity index (χ0n) is 10.0. The molecule has 0 spiro atoms. The first-order chi connectivity index (χ1) is 8.13. The highest BCUT2D eigenvalue weighted by Gasteiger charge is 2.08. The fourth-order valence-electron chi connectivity index (χ4n) is 1.31. The van der Waals surface area contributed by atoms with Gasteiger partial charge in [0.2, 0.25) is 0 Å². The number of nitrogens with one attached hydrogen (secondary N) is 1. The van der Waals surface area contributed by atoms with Crippen molar-refractivity contribution in [3.05, 3.63) is 28.5 Å². The lowest BCUT2D eigenvalue weighted by atomic mass is 10.3. The molecular formula is C12H17BrFNO2. The van der Waals surface area contributed by atoms with Gasteiger partial charge < -0.3 is 14.8 Å². The molecule has 17 heavy (non-hydrogen) atoms. The summed E-state index contributed by atoms with van der Waals surface area (Å²) < 4.78 is 24.5. The summed E-state index contributed by atoms with van der Waals surface area (Å²) in [4.78, 5) is 0. The summed E-state index contributed by atoms with van der Waals surface area (Å²) >= 11 is 3.20. The predicted molar refractivity (Wildman–Crippen MR) is 68.9 cm³/mol. The molecular weight excluding hydrogens is 289 g/mol. The average molecular weight is 306 g/mol. The molecule has 0 aliphatic rings. The average Bonchev–Trinajstić information content (AvgIpc) is 2.28. The van der Waals surface area contributed by atoms with E-state index in [1.807, 2.05) is 6.92 Å². The van der Waals surface area contributed by atoms with Crippen LogP contribution in [-0.4, -0.2) is 32.9 Å². The number of halogens is 2. The smallest absolute Gasteiger partial charge is 0.166 e. The molecule has 0 fully saturated rings. The van der Waals surface area contributed by atoms with E-state index in [0.717, 1.165) is 6.54 Å². The highest BCUT2D eigenvalue weighted by atomic mass is 79.9. The third kappa shape index (κ3) is 5.48. The Morgan fingerprint density at radius 2 is 2.24 bits per heavy atom. The van der Waals surface area contributed by atoms with E-state index in [9.17, 15) is 4.39 Å². The highest BCUT2D eigenvalue weighted by Crippen LogP contribution is 2.22.